The van der Waals surface area contributed by atoms with Crippen molar-refractivity contribution in [2.75, 3.05) is 31.6 Å². The normalized spacial score (nSPS) is 17.3. The van der Waals surface area contributed by atoms with Gasteiger partial charge in [-0.2, -0.15) is 0 Å². The van der Waals surface area contributed by atoms with E-state index < -0.39 is 0 Å². The summed E-state index contributed by atoms with van der Waals surface area (Å²) in [7, 11) is 0. The molecule has 0 bridgehead atoms. The van der Waals surface area contributed by atoms with Gasteiger partial charge in [-0.3, -0.25) is 0 Å². The SMILES string of the molecule is C=CCOc1ccccc1NC(=O)N(CC)C[C@H]1CCCCO1. The number of para-hydroxylation sites is 2. The summed E-state index contributed by atoms with van der Waals surface area (Å²) in [5, 5.41) is 2.93. The van der Waals surface area contributed by atoms with Crippen molar-refractivity contribution in [1.29, 1.82) is 0 Å². The van der Waals surface area contributed by atoms with Crippen molar-refractivity contribution in [3.63, 3.8) is 0 Å². The first kappa shape index (κ1) is 17.3. The first-order valence-corrected chi connectivity index (χ1v) is 8.24. The first-order valence-electron chi connectivity index (χ1n) is 8.24. The Morgan fingerprint density at radius 1 is 1.48 bits per heavy atom. The fraction of sp³-hybridized carbons (Fsp3) is 0.500. The van der Waals surface area contributed by atoms with Crippen molar-refractivity contribution in [1.82, 2.24) is 4.90 Å². The Kier molecular flexibility index (Phi) is 6.94. The zero-order valence-electron chi connectivity index (χ0n) is 13.8. The third-order valence-electron chi connectivity index (χ3n) is 3.85. The molecule has 23 heavy (non-hydrogen) atoms. The lowest BCUT2D eigenvalue weighted by molar-refractivity contribution is 0.00221. The fourth-order valence-electron chi connectivity index (χ4n) is 2.59. The molecule has 0 saturated carbocycles. The zero-order valence-corrected chi connectivity index (χ0v) is 13.8. The Morgan fingerprint density at radius 3 is 3.00 bits per heavy atom. The second kappa shape index (κ2) is 9.20. The maximum absolute atomic E-state index is 12.5. The van der Waals surface area contributed by atoms with Crippen molar-refractivity contribution in [2.24, 2.45) is 0 Å². The quantitative estimate of drug-likeness (QED) is 0.780. The lowest BCUT2D eigenvalue weighted by Gasteiger charge is -2.29. The number of carbonyl (C=O) groups excluding carboxylic acids is 1. The van der Waals surface area contributed by atoms with Gasteiger partial charge in [0.15, 0.2) is 0 Å². The molecule has 1 saturated heterocycles. The van der Waals surface area contributed by atoms with Gasteiger partial charge < -0.3 is 19.7 Å². The Bertz CT molecular complexity index is 513. The molecule has 126 valence electrons. The van der Waals surface area contributed by atoms with E-state index in [-0.39, 0.29) is 12.1 Å². The molecular weight excluding hydrogens is 292 g/mol. The summed E-state index contributed by atoms with van der Waals surface area (Å²) in [5.41, 5.74) is 0.669. The Morgan fingerprint density at radius 2 is 2.30 bits per heavy atom. The molecule has 0 spiro atoms. The molecule has 1 aliphatic heterocycles. The molecule has 2 amide bonds. The number of amides is 2. The summed E-state index contributed by atoms with van der Waals surface area (Å²) in [6.45, 7) is 8.07. The van der Waals surface area contributed by atoms with Crippen LogP contribution in [-0.2, 0) is 4.74 Å². The van der Waals surface area contributed by atoms with Crippen LogP contribution in [0.1, 0.15) is 26.2 Å². The average molecular weight is 318 g/mol. The van der Waals surface area contributed by atoms with Crippen LogP contribution < -0.4 is 10.1 Å². The number of carbonyl (C=O) groups is 1. The van der Waals surface area contributed by atoms with Crippen LogP contribution in [0.5, 0.6) is 5.75 Å². The molecule has 2 rings (SSSR count). The Labute approximate surface area is 138 Å². The molecule has 1 atom stereocenters. The molecule has 1 aliphatic rings. The van der Waals surface area contributed by atoms with Gasteiger partial charge in [0.25, 0.3) is 0 Å². The summed E-state index contributed by atoms with van der Waals surface area (Å²) in [6, 6.07) is 7.29. The third-order valence-corrected chi connectivity index (χ3v) is 3.85. The highest BCUT2D eigenvalue weighted by Gasteiger charge is 2.21. The average Bonchev–Trinajstić information content (AvgIpc) is 2.59. The van der Waals surface area contributed by atoms with E-state index in [0.717, 1.165) is 19.4 Å². The number of hydrogen-bond acceptors (Lipinski definition) is 3. The molecule has 1 fully saturated rings. The van der Waals surface area contributed by atoms with Gasteiger partial charge in [-0.05, 0) is 38.3 Å². The van der Waals surface area contributed by atoms with E-state index >= 15 is 0 Å². The van der Waals surface area contributed by atoms with Gasteiger partial charge in [-0.15, -0.1) is 0 Å². The summed E-state index contributed by atoms with van der Waals surface area (Å²) >= 11 is 0. The highest BCUT2D eigenvalue weighted by Crippen LogP contribution is 2.24. The van der Waals surface area contributed by atoms with Crippen molar-refractivity contribution < 1.29 is 14.3 Å². The fourth-order valence-corrected chi connectivity index (χ4v) is 2.59. The van der Waals surface area contributed by atoms with Gasteiger partial charge >= 0.3 is 6.03 Å². The number of rotatable bonds is 7. The smallest absolute Gasteiger partial charge is 0.322 e. The van der Waals surface area contributed by atoms with Crippen LogP contribution in [0.4, 0.5) is 10.5 Å². The summed E-state index contributed by atoms with van der Waals surface area (Å²) < 4.78 is 11.3. The van der Waals surface area contributed by atoms with Gasteiger partial charge in [0.05, 0.1) is 11.8 Å². The minimum atomic E-state index is -0.128. The maximum Gasteiger partial charge on any atom is 0.322 e. The van der Waals surface area contributed by atoms with Crippen LogP contribution >= 0.6 is 0 Å². The van der Waals surface area contributed by atoms with Gasteiger partial charge in [-0.25, -0.2) is 4.79 Å². The van der Waals surface area contributed by atoms with Gasteiger partial charge in [0, 0.05) is 19.7 Å². The van der Waals surface area contributed by atoms with Crippen LogP contribution in [0.3, 0.4) is 0 Å². The van der Waals surface area contributed by atoms with Crippen molar-refractivity contribution >= 4 is 11.7 Å². The molecule has 0 radical (unpaired) electrons. The van der Waals surface area contributed by atoms with Crippen LogP contribution in [0, 0.1) is 0 Å². The number of nitrogens with one attached hydrogen (secondary N) is 1. The van der Waals surface area contributed by atoms with Crippen molar-refractivity contribution in [3.8, 4) is 5.75 Å². The number of likely N-dealkylation sites (N-methyl/N-ethyl adjacent to an activating group) is 1. The standard InChI is InChI=1S/C18H26N2O3/c1-3-12-23-17-11-6-5-10-16(17)19-18(21)20(4-2)14-15-9-7-8-13-22-15/h3,5-6,10-11,15H,1,4,7-9,12-14H2,2H3,(H,19,21)/t15-/m1/s1. The highest BCUT2D eigenvalue weighted by molar-refractivity contribution is 5.91. The molecule has 0 aromatic heterocycles. The minimum Gasteiger partial charge on any atom is -0.487 e. The highest BCUT2D eigenvalue weighted by atomic mass is 16.5. The number of benzene rings is 1. The van der Waals surface area contributed by atoms with E-state index in [4.69, 9.17) is 9.47 Å². The van der Waals surface area contributed by atoms with E-state index in [2.05, 4.69) is 11.9 Å². The number of urea groups is 1. The number of nitrogens with zero attached hydrogens (tertiary/aromatic N) is 1. The van der Waals surface area contributed by atoms with E-state index in [1.54, 1.807) is 11.0 Å². The van der Waals surface area contributed by atoms with Crippen LogP contribution in [0.15, 0.2) is 36.9 Å². The molecule has 0 unspecified atom stereocenters. The van der Waals surface area contributed by atoms with Gasteiger partial charge in [-0.1, -0.05) is 24.8 Å². The molecule has 1 heterocycles. The van der Waals surface area contributed by atoms with Crippen molar-refractivity contribution in [3.05, 3.63) is 36.9 Å². The van der Waals surface area contributed by atoms with E-state index in [9.17, 15) is 4.79 Å². The maximum atomic E-state index is 12.5. The van der Waals surface area contributed by atoms with Crippen LogP contribution in [-0.4, -0.2) is 43.3 Å². The predicted octanol–water partition coefficient (Wildman–Crippen LogP) is 3.67. The summed E-state index contributed by atoms with van der Waals surface area (Å²) in [4.78, 5) is 14.3. The van der Waals surface area contributed by atoms with E-state index in [0.29, 0.717) is 31.1 Å². The monoisotopic (exact) mass is 318 g/mol. The second-order valence-corrected chi connectivity index (χ2v) is 5.55. The largest absolute Gasteiger partial charge is 0.487 e. The Hall–Kier alpha value is -2.01. The molecule has 5 heteroatoms. The van der Waals surface area contributed by atoms with Crippen LogP contribution in [0.2, 0.25) is 0 Å². The molecule has 1 N–H and O–H groups in total. The topological polar surface area (TPSA) is 50.8 Å². The lowest BCUT2D eigenvalue weighted by atomic mass is 10.1. The van der Waals surface area contributed by atoms with Gasteiger partial charge in [0.1, 0.15) is 12.4 Å². The summed E-state index contributed by atoms with van der Waals surface area (Å²) in [5.74, 6) is 0.644. The number of anilines is 1. The molecular formula is C18H26N2O3. The molecule has 0 aliphatic carbocycles. The number of hydrogen-bond donors (Lipinski definition) is 1. The van der Waals surface area contributed by atoms with E-state index in [1.165, 1.54) is 6.42 Å². The van der Waals surface area contributed by atoms with Gasteiger partial charge in [0.2, 0.25) is 0 Å². The zero-order chi connectivity index (χ0) is 16.5. The lowest BCUT2D eigenvalue weighted by Crippen LogP contribution is -2.41. The second-order valence-electron chi connectivity index (χ2n) is 5.55. The Balaban J connectivity index is 1.97. The minimum absolute atomic E-state index is 0.128. The predicted molar refractivity (Wildman–Crippen MR) is 92.0 cm³/mol. The molecule has 1 aromatic rings. The first-order chi connectivity index (χ1) is 11.2. The molecule has 1 aromatic carbocycles. The number of ether oxygens (including phenoxy) is 2. The third kappa shape index (κ3) is 5.28. The summed E-state index contributed by atoms with van der Waals surface area (Å²) in [6.07, 6.45) is 5.12. The van der Waals surface area contributed by atoms with E-state index in [1.807, 2.05) is 31.2 Å². The van der Waals surface area contributed by atoms with Crippen molar-refractivity contribution in [2.45, 2.75) is 32.3 Å². The van der Waals surface area contributed by atoms with Crippen LogP contribution in [0.25, 0.3) is 0 Å². The molecule has 5 nitrogen and oxygen atoms in total.